The van der Waals surface area contributed by atoms with E-state index in [4.69, 9.17) is 9.84 Å². The second-order valence-corrected chi connectivity index (χ2v) is 3.73. The fraction of sp³-hybridized carbons (Fsp3) is 0.667. The average Bonchev–Trinajstić information content (AvgIpc) is 2.49. The van der Waals surface area contributed by atoms with Crippen LogP contribution in [0.1, 0.15) is 13.8 Å². The molecule has 1 aliphatic carbocycles. The van der Waals surface area contributed by atoms with E-state index in [2.05, 4.69) is 0 Å². The zero-order valence-corrected chi connectivity index (χ0v) is 7.57. The molecule has 0 amide bonds. The molecule has 0 aromatic carbocycles. The van der Waals surface area contributed by atoms with Gasteiger partial charge in [-0.2, -0.15) is 0 Å². The number of hydrogen-bond donors (Lipinski definition) is 1. The van der Waals surface area contributed by atoms with Crippen molar-refractivity contribution >= 4 is 5.97 Å². The molecule has 1 fully saturated rings. The molecule has 0 heterocycles. The molecule has 0 aromatic heterocycles. The lowest BCUT2D eigenvalue weighted by molar-refractivity contribution is -0.139. The Balaban J connectivity index is 2.60. The first kappa shape index (κ1) is 9.10. The number of carbonyl (C=O) groups is 1. The molecule has 0 spiro atoms. The van der Waals surface area contributed by atoms with Gasteiger partial charge in [0.15, 0.2) is 0 Å². The van der Waals surface area contributed by atoms with Gasteiger partial charge in [0.2, 0.25) is 0 Å². The van der Waals surface area contributed by atoms with Gasteiger partial charge in [0.25, 0.3) is 0 Å². The summed E-state index contributed by atoms with van der Waals surface area (Å²) < 4.78 is 4.74. The van der Waals surface area contributed by atoms with E-state index in [0.29, 0.717) is 0 Å². The lowest BCUT2D eigenvalue weighted by Gasteiger charge is -1.96. The molecule has 0 unspecified atom stereocenters. The standard InChI is InChI=1S/C9H14O3/c1-9(2)6(4-5-12-3)7(9)8(10)11/h4-7H,1-3H3,(H,10,11)/b5-4+/t6-,7-/m0/s1. The van der Waals surface area contributed by atoms with Crippen molar-refractivity contribution in [1.82, 2.24) is 0 Å². The van der Waals surface area contributed by atoms with E-state index in [-0.39, 0.29) is 17.3 Å². The SMILES string of the molecule is CO/C=C/[C@H]1[C@@H](C(=O)O)C1(C)C. The summed E-state index contributed by atoms with van der Waals surface area (Å²) >= 11 is 0. The van der Waals surface area contributed by atoms with Crippen LogP contribution in [0.2, 0.25) is 0 Å². The summed E-state index contributed by atoms with van der Waals surface area (Å²) in [6.07, 6.45) is 3.37. The molecule has 0 bridgehead atoms. The minimum absolute atomic E-state index is 0.110. The molecule has 1 saturated carbocycles. The van der Waals surface area contributed by atoms with Gasteiger partial charge in [0.1, 0.15) is 0 Å². The van der Waals surface area contributed by atoms with Crippen LogP contribution in [0.5, 0.6) is 0 Å². The van der Waals surface area contributed by atoms with Gasteiger partial charge < -0.3 is 9.84 Å². The maximum Gasteiger partial charge on any atom is 0.307 e. The molecule has 0 radical (unpaired) electrons. The summed E-state index contributed by atoms with van der Waals surface area (Å²) in [4.78, 5) is 10.7. The van der Waals surface area contributed by atoms with Crippen LogP contribution < -0.4 is 0 Å². The highest BCUT2D eigenvalue weighted by Gasteiger charge is 2.60. The van der Waals surface area contributed by atoms with Crippen LogP contribution in [0.4, 0.5) is 0 Å². The van der Waals surface area contributed by atoms with Crippen molar-refractivity contribution < 1.29 is 14.6 Å². The smallest absolute Gasteiger partial charge is 0.307 e. The summed E-state index contributed by atoms with van der Waals surface area (Å²) in [5.74, 6) is -0.843. The number of aliphatic carboxylic acids is 1. The Morgan fingerprint density at radius 3 is 2.50 bits per heavy atom. The molecule has 2 atom stereocenters. The highest BCUT2D eigenvalue weighted by atomic mass is 16.5. The maximum absolute atomic E-state index is 10.7. The Hall–Kier alpha value is -0.990. The van der Waals surface area contributed by atoms with Crippen LogP contribution in [0.25, 0.3) is 0 Å². The predicted octanol–water partition coefficient (Wildman–Crippen LogP) is 1.50. The number of carboxylic acids is 1. The van der Waals surface area contributed by atoms with Crippen LogP contribution in [-0.2, 0) is 9.53 Å². The second kappa shape index (κ2) is 2.81. The third kappa shape index (κ3) is 1.31. The van der Waals surface area contributed by atoms with E-state index >= 15 is 0 Å². The third-order valence-corrected chi connectivity index (χ3v) is 2.60. The first-order valence-electron chi connectivity index (χ1n) is 3.94. The van der Waals surface area contributed by atoms with Crippen molar-refractivity contribution in [2.24, 2.45) is 17.3 Å². The summed E-state index contributed by atoms with van der Waals surface area (Å²) in [5, 5.41) is 8.78. The lowest BCUT2D eigenvalue weighted by atomic mass is 10.1. The van der Waals surface area contributed by atoms with Gasteiger partial charge in [-0.1, -0.05) is 13.8 Å². The number of allylic oxidation sites excluding steroid dienone is 1. The molecule has 68 valence electrons. The molecule has 1 N–H and O–H groups in total. The number of carboxylic acid groups (broad SMARTS) is 1. The Morgan fingerprint density at radius 1 is 1.58 bits per heavy atom. The summed E-state index contributed by atoms with van der Waals surface area (Å²) in [7, 11) is 1.56. The van der Waals surface area contributed by atoms with Gasteiger partial charge in [-0.3, -0.25) is 4.79 Å². The number of methoxy groups -OCH3 is 1. The lowest BCUT2D eigenvalue weighted by Crippen LogP contribution is -2.02. The van der Waals surface area contributed by atoms with E-state index < -0.39 is 5.97 Å². The quantitative estimate of drug-likeness (QED) is 0.653. The first-order valence-corrected chi connectivity index (χ1v) is 3.94. The van der Waals surface area contributed by atoms with E-state index in [9.17, 15) is 4.79 Å². The Labute approximate surface area is 72.0 Å². The largest absolute Gasteiger partial charge is 0.505 e. The van der Waals surface area contributed by atoms with Crippen molar-refractivity contribution in [3.8, 4) is 0 Å². The number of rotatable bonds is 3. The van der Waals surface area contributed by atoms with Gasteiger partial charge in [-0.05, 0) is 17.4 Å². The van der Waals surface area contributed by atoms with E-state index in [1.54, 1.807) is 13.4 Å². The predicted molar refractivity (Wildman–Crippen MR) is 44.5 cm³/mol. The Morgan fingerprint density at radius 2 is 2.17 bits per heavy atom. The zero-order chi connectivity index (χ0) is 9.35. The first-order chi connectivity index (χ1) is 5.51. The van der Waals surface area contributed by atoms with Gasteiger partial charge >= 0.3 is 5.97 Å². The minimum Gasteiger partial charge on any atom is -0.505 e. The van der Waals surface area contributed by atoms with Crippen molar-refractivity contribution in [2.75, 3.05) is 7.11 Å². The summed E-state index contributed by atoms with van der Waals surface area (Å²) in [5.41, 5.74) is -0.110. The molecule has 0 aliphatic heterocycles. The van der Waals surface area contributed by atoms with Crippen molar-refractivity contribution in [3.05, 3.63) is 12.3 Å². The fourth-order valence-electron chi connectivity index (χ4n) is 1.67. The number of hydrogen-bond acceptors (Lipinski definition) is 2. The number of ether oxygens (including phenoxy) is 1. The van der Waals surface area contributed by atoms with Crippen molar-refractivity contribution in [3.63, 3.8) is 0 Å². The monoisotopic (exact) mass is 170 g/mol. The van der Waals surface area contributed by atoms with Crippen LogP contribution in [0.3, 0.4) is 0 Å². The van der Waals surface area contributed by atoms with Crippen molar-refractivity contribution in [1.29, 1.82) is 0 Å². The topological polar surface area (TPSA) is 46.5 Å². The normalized spacial score (nSPS) is 31.9. The highest BCUT2D eigenvalue weighted by Crippen LogP contribution is 2.58. The molecule has 0 aromatic rings. The second-order valence-electron chi connectivity index (χ2n) is 3.73. The van der Waals surface area contributed by atoms with Crippen LogP contribution in [0, 0.1) is 17.3 Å². The highest BCUT2D eigenvalue weighted by molar-refractivity contribution is 5.76. The van der Waals surface area contributed by atoms with Crippen LogP contribution in [0.15, 0.2) is 12.3 Å². The third-order valence-electron chi connectivity index (χ3n) is 2.60. The van der Waals surface area contributed by atoms with Crippen molar-refractivity contribution in [2.45, 2.75) is 13.8 Å². The van der Waals surface area contributed by atoms with Gasteiger partial charge in [0, 0.05) is 0 Å². The molecule has 3 heteroatoms. The summed E-state index contributed by atoms with van der Waals surface area (Å²) in [6.45, 7) is 3.91. The van der Waals surface area contributed by atoms with E-state index in [0.717, 1.165) is 0 Å². The van der Waals surface area contributed by atoms with E-state index in [1.165, 1.54) is 0 Å². The van der Waals surface area contributed by atoms with Gasteiger partial charge in [-0.25, -0.2) is 0 Å². The molecule has 0 saturated heterocycles. The Kier molecular flexibility index (Phi) is 2.13. The van der Waals surface area contributed by atoms with E-state index in [1.807, 2.05) is 19.9 Å². The summed E-state index contributed by atoms with van der Waals surface area (Å²) in [6, 6.07) is 0. The molecule has 12 heavy (non-hydrogen) atoms. The molecule has 1 aliphatic rings. The van der Waals surface area contributed by atoms with Crippen LogP contribution >= 0.6 is 0 Å². The average molecular weight is 170 g/mol. The van der Waals surface area contributed by atoms with Crippen LogP contribution in [-0.4, -0.2) is 18.2 Å². The molecular weight excluding hydrogens is 156 g/mol. The maximum atomic E-state index is 10.7. The van der Waals surface area contributed by atoms with Gasteiger partial charge in [0.05, 0.1) is 19.3 Å². The Bertz CT molecular complexity index is 218. The van der Waals surface area contributed by atoms with Gasteiger partial charge in [-0.15, -0.1) is 0 Å². The fourth-order valence-corrected chi connectivity index (χ4v) is 1.67. The molecular formula is C9H14O3. The molecule has 3 nitrogen and oxygen atoms in total. The zero-order valence-electron chi connectivity index (χ0n) is 7.57. The minimum atomic E-state index is -0.717. The molecule has 1 rings (SSSR count).